The lowest BCUT2D eigenvalue weighted by Crippen LogP contribution is -1.87. The lowest BCUT2D eigenvalue weighted by Gasteiger charge is -1.96. The van der Waals surface area contributed by atoms with Crippen LogP contribution < -0.4 is 9.47 Å². The Morgan fingerprint density at radius 3 is 2.47 bits per heavy atom. The summed E-state index contributed by atoms with van der Waals surface area (Å²) in [5, 5.41) is 10.2. The van der Waals surface area contributed by atoms with Gasteiger partial charge in [-0.3, -0.25) is 10.1 Å². The van der Waals surface area contributed by atoms with Gasteiger partial charge in [-0.2, -0.15) is 0 Å². The van der Waals surface area contributed by atoms with Gasteiger partial charge in [0.2, 0.25) is 0 Å². The Hall–Kier alpha value is -2.56. The molecule has 0 spiro atoms. The maximum absolute atomic E-state index is 10.2. The molecule has 3 rings (SSSR count). The Morgan fingerprint density at radius 2 is 1.95 bits per heavy atom. The smallest absolute Gasteiger partial charge is 0.269 e. The number of ether oxygens (including phenoxy) is 2. The lowest BCUT2D eigenvalue weighted by molar-refractivity contribution is -0.384. The molecule has 2 bridgehead atoms. The highest BCUT2D eigenvalue weighted by Gasteiger charge is 2.03. The first-order chi connectivity index (χ1) is 9.19. The van der Waals surface area contributed by atoms with Crippen LogP contribution in [0, 0.1) is 10.1 Å². The average molecular weight is 259 g/mol. The number of benzene rings is 2. The summed E-state index contributed by atoms with van der Waals surface area (Å²) in [5.41, 5.74) is 1.35. The Kier molecular flexibility index (Phi) is 3.97. The standard InChI is InChI=1S/C7H7NO3.C7H6O/c1-11-7-4-2-6(3-5-7)8(9)10;1-2-6-4-7(3-1)8-5-6/h2-5H,1H3;1-4H,5H2. The second-order valence-electron chi connectivity index (χ2n) is 3.89. The van der Waals surface area contributed by atoms with Crippen molar-refractivity contribution in [1.29, 1.82) is 0 Å². The van der Waals surface area contributed by atoms with Crippen LogP contribution >= 0.6 is 0 Å². The van der Waals surface area contributed by atoms with E-state index < -0.39 is 4.92 Å². The van der Waals surface area contributed by atoms with Crippen molar-refractivity contribution in [3.63, 3.8) is 0 Å². The largest absolute Gasteiger partial charge is 0.497 e. The molecule has 0 radical (unpaired) electrons. The molecule has 0 saturated carbocycles. The van der Waals surface area contributed by atoms with E-state index in [-0.39, 0.29) is 5.69 Å². The molecule has 0 N–H and O–H groups in total. The first-order valence-corrected chi connectivity index (χ1v) is 5.69. The topological polar surface area (TPSA) is 61.6 Å². The Balaban J connectivity index is 0.000000146. The predicted molar refractivity (Wildman–Crippen MR) is 70.4 cm³/mol. The van der Waals surface area contributed by atoms with Crippen molar-refractivity contribution in [1.82, 2.24) is 0 Å². The summed E-state index contributed by atoms with van der Waals surface area (Å²) in [5.74, 6) is 1.62. The summed E-state index contributed by atoms with van der Waals surface area (Å²) in [6.07, 6.45) is 0. The molecule has 19 heavy (non-hydrogen) atoms. The molecule has 0 atom stereocenters. The van der Waals surface area contributed by atoms with E-state index in [1.165, 1.54) is 24.8 Å². The molecule has 2 aromatic carbocycles. The quantitative estimate of drug-likeness (QED) is 0.613. The van der Waals surface area contributed by atoms with Crippen LogP contribution in [0.5, 0.6) is 11.5 Å². The molecule has 1 heterocycles. The van der Waals surface area contributed by atoms with Crippen LogP contribution in [0.1, 0.15) is 5.56 Å². The van der Waals surface area contributed by atoms with Crippen LogP contribution in [0.25, 0.3) is 0 Å². The minimum atomic E-state index is -0.445. The molecule has 98 valence electrons. The number of non-ortho nitro benzene ring substituents is 1. The normalized spacial score (nSPS) is 11.0. The van der Waals surface area contributed by atoms with Crippen LogP contribution in [0.15, 0.2) is 48.5 Å². The minimum Gasteiger partial charge on any atom is -0.497 e. The number of hydrogen-bond donors (Lipinski definition) is 0. The van der Waals surface area contributed by atoms with Crippen LogP contribution in [-0.4, -0.2) is 12.0 Å². The number of nitro groups is 1. The fourth-order valence-electron chi connectivity index (χ4n) is 1.60. The van der Waals surface area contributed by atoms with Crippen molar-refractivity contribution in [2.24, 2.45) is 0 Å². The molecule has 0 aromatic heterocycles. The van der Waals surface area contributed by atoms with Crippen molar-refractivity contribution in [2.75, 3.05) is 7.11 Å². The van der Waals surface area contributed by atoms with Crippen molar-refractivity contribution in [2.45, 2.75) is 6.61 Å². The molecule has 0 aliphatic carbocycles. The molecular formula is C14H13NO4. The van der Waals surface area contributed by atoms with E-state index in [9.17, 15) is 10.1 Å². The van der Waals surface area contributed by atoms with E-state index in [4.69, 9.17) is 9.47 Å². The summed E-state index contributed by atoms with van der Waals surface area (Å²) < 4.78 is 10.0. The van der Waals surface area contributed by atoms with Gasteiger partial charge in [-0.25, -0.2) is 0 Å². The zero-order chi connectivity index (χ0) is 13.7. The third-order valence-electron chi connectivity index (χ3n) is 2.59. The summed E-state index contributed by atoms with van der Waals surface area (Å²) in [4.78, 5) is 9.72. The fraction of sp³-hybridized carbons (Fsp3) is 0.143. The highest BCUT2D eigenvalue weighted by atomic mass is 16.6. The van der Waals surface area contributed by atoms with E-state index in [1.807, 2.05) is 12.1 Å². The first-order valence-electron chi connectivity index (χ1n) is 5.69. The molecule has 5 nitrogen and oxygen atoms in total. The van der Waals surface area contributed by atoms with Crippen LogP contribution in [0.2, 0.25) is 0 Å². The maximum atomic E-state index is 10.2. The van der Waals surface area contributed by atoms with E-state index in [1.54, 1.807) is 12.1 Å². The molecule has 0 fully saturated rings. The third-order valence-corrected chi connectivity index (χ3v) is 2.59. The van der Waals surface area contributed by atoms with Crippen LogP contribution in [0.4, 0.5) is 5.69 Å². The predicted octanol–water partition coefficient (Wildman–Crippen LogP) is 3.18. The fourth-order valence-corrected chi connectivity index (χ4v) is 1.60. The molecule has 0 saturated heterocycles. The number of rotatable bonds is 2. The lowest BCUT2D eigenvalue weighted by atomic mass is 10.2. The van der Waals surface area contributed by atoms with Gasteiger partial charge in [-0.05, 0) is 29.8 Å². The number of methoxy groups -OCH3 is 1. The van der Waals surface area contributed by atoms with Gasteiger partial charge in [0.25, 0.3) is 5.69 Å². The van der Waals surface area contributed by atoms with Crippen molar-refractivity contribution >= 4 is 5.69 Å². The van der Waals surface area contributed by atoms with Gasteiger partial charge in [-0.1, -0.05) is 12.1 Å². The summed E-state index contributed by atoms with van der Waals surface area (Å²) in [7, 11) is 1.52. The molecule has 0 amide bonds. The second kappa shape index (κ2) is 5.86. The molecule has 0 unspecified atom stereocenters. The van der Waals surface area contributed by atoms with Crippen molar-refractivity contribution < 1.29 is 14.4 Å². The molecule has 5 heteroatoms. The van der Waals surface area contributed by atoms with Crippen molar-refractivity contribution in [3.05, 3.63) is 64.2 Å². The first kappa shape index (κ1) is 12.9. The van der Waals surface area contributed by atoms with Gasteiger partial charge in [0.05, 0.1) is 12.0 Å². The number of fused-ring (bicyclic) bond motifs is 2. The highest BCUT2D eigenvalue weighted by molar-refractivity contribution is 5.35. The van der Waals surface area contributed by atoms with Gasteiger partial charge < -0.3 is 9.47 Å². The minimum absolute atomic E-state index is 0.0748. The Bertz CT molecular complexity index is 547. The van der Waals surface area contributed by atoms with Gasteiger partial charge in [-0.15, -0.1) is 0 Å². The van der Waals surface area contributed by atoms with Gasteiger partial charge in [0, 0.05) is 12.1 Å². The zero-order valence-electron chi connectivity index (χ0n) is 10.4. The second-order valence-corrected chi connectivity index (χ2v) is 3.89. The molecule has 1 aliphatic heterocycles. The maximum Gasteiger partial charge on any atom is 0.269 e. The van der Waals surface area contributed by atoms with E-state index >= 15 is 0 Å². The van der Waals surface area contributed by atoms with Gasteiger partial charge >= 0.3 is 0 Å². The Morgan fingerprint density at radius 1 is 1.21 bits per heavy atom. The van der Waals surface area contributed by atoms with Gasteiger partial charge in [0.1, 0.15) is 18.1 Å². The van der Waals surface area contributed by atoms with Gasteiger partial charge in [0.15, 0.2) is 0 Å². The summed E-state index contributed by atoms with van der Waals surface area (Å²) in [6.45, 7) is 0.766. The van der Waals surface area contributed by atoms with Crippen molar-refractivity contribution in [3.8, 4) is 11.5 Å². The number of nitro benzene ring substituents is 1. The monoisotopic (exact) mass is 259 g/mol. The van der Waals surface area contributed by atoms with E-state index in [0.717, 1.165) is 12.4 Å². The molecular weight excluding hydrogens is 246 g/mol. The average Bonchev–Trinajstić information content (AvgIpc) is 2.78. The molecule has 1 aliphatic rings. The molecule has 2 aromatic rings. The van der Waals surface area contributed by atoms with E-state index in [0.29, 0.717) is 5.75 Å². The van der Waals surface area contributed by atoms with E-state index in [2.05, 4.69) is 12.1 Å². The summed E-state index contributed by atoms with van der Waals surface area (Å²) >= 11 is 0. The number of hydrogen-bond acceptors (Lipinski definition) is 4. The van der Waals surface area contributed by atoms with Crippen LogP contribution in [0.3, 0.4) is 0 Å². The number of nitrogens with zero attached hydrogens (tertiary/aromatic N) is 1. The SMILES string of the molecule is COc1ccc([N+](=O)[O-])cc1.c1cc2cc(c1)OC2. The zero-order valence-corrected chi connectivity index (χ0v) is 10.4. The Labute approximate surface area is 110 Å². The van der Waals surface area contributed by atoms with Crippen LogP contribution in [-0.2, 0) is 6.61 Å². The highest BCUT2D eigenvalue weighted by Crippen LogP contribution is 2.20. The third kappa shape index (κ3) is 3.45. The summed E-state index contributed by atoms with van der Waals surface area (Å²) in [6, 6.07) is 14.0.